The van der Waals surface area contributed by atoms with E-state index >= 15 is 0 Å². The normalized spacial score (nSPS) is 33.7. The zero-order chi connectivity index (χ0) is 13.5. The van der Waals surface area contributed by atoms with Crippen LogP contribution in [-0.2, 0) is 5.60 Å². The maximum atomic E-state index is 13.5. The first kappa shape index (κ1) is 13.0. The highest BCUT2D eigenvalue weighted by atomic mass is 32.2. The van der Waals surface area contributed by atoms with Crippen molar-refractivity contribution >= 4 is 11.8 Å². The lowest BCUT2D eigenvalue weighted by atomic mass is 9.79. The number of nitriles is 1. The van der Waals surface area contributed by atoms with Crippen molar-refractivity contribution in [2.45, 2.75) is 48.2 Å². The van der Waals surface area contributed by atoms with Crippen molar-refractivity contribution in [3.8, 4) is 6.07 Å². The second-order valence-electron chi connectivity index (χ2n) is 5.55. The molecule has 2 aliphatic heterocycles. The molecule has 2 bridgehead atoms. The third kappa shape index (κ3) is 2.37. The van der Waals surface area contributed by atoms with E-state index < -0.39 is 5.60 Å². The minimum atomic E-state index is -1.03. The Hall–Kier alpha value is -1.05. The maximum Gasteiger partial charge on any atom is 0.123 e. The molecule has 1 aromatic carbocycles. The largest absolute Gasteiger partial charge is 0.385 e. The molecule has 0 saturated carbocycles. The summed E-state index contributed by atoms with van der Waals surface area (Å²) in [5, 5.41) is 21.0. The van der Waals surface area contributed by atoms with Crippen molar-refractivity contribution in [3.63, 3.8) is 0 Å². The summed E-state index contributed by atoms with van der Waals surface area (Å²) in [5.74, 6) is -0.384. The Morgan fingerprint density at radius 3 is 2.63 bits per heavy atom. The predicted molar refractivity (Wildman–Crippen MR) is 73.3 cm³/mol. The number of hydrogen-bond acceptors (Lipinski definition) is 3. The highest BCUT2D eigenvalue weighted by molar-refractivity contribution is 8.00. The third-order valence-electron chi connectivity index (χ3n) is 4.17. The SMILES string of the molecule is N#Cc1ccc(F)cc1C1(O)CC2CCCC(C1)S2. The van der Waals surface area contributed by atoms with Gasteiger partial charge in [0.05, 0.1) is 17.2 Å². The number of hydrogen-bond donors (Lipinski definition) is 1. The van der Waals surface area contributed by atoms with E-state index in [1.54, 1.807) is 0 Å². The van der Waals surface area contributed by atoms with Crippen LogP contribution < -0.4 is 0 Å². The summed E-state index contributed by atoms with van der Waals surface area (Å²) < 4.78 is 13.5. The fourth-order valence-electron chi connectivity index (χ4n) is 3.34. The van der Waals surface area contributed by atoms with Crippen molar-refractivity contribution in [2.75, 3.05) is 0 Å². The van der Waals surface area contributed by atoms with E-state index in [9.17, 15) is 9.50 Å². The van der Waals surface area contributed by atoms with Gasteiger partial charge in [0.2, 0.25) is 0 Å². The molecule has 0 amide bonds. The van der Waals surface area contributed by atoms with Crippen molar-refractivity contribution in [1.82, 2.24) is 0 Å². The predicted octanol–water partition coefficient (Wildman–Crippen LogP) is 3.33. The first-order valence-electron chi connectivity index (χ1n) is 6.69. The van der Waals surface area contributed by atoms with Crippen LogP contribution in [0, 0.1) is 17.1 Å². The van der Waals surface area contributed by atoms with Crippen molar-refractivity contribution in [2.24, 2.45) is 0 Å². The topological polar surface area (TPSA) is 44.0 Å². The standard InChI is InChI=1S/C15H16FNOS/c16-11-5-4-10(9-17)14(6-11)15(18)7-12-2-1-3-13(8-15)19-12/h4-6,12-13,18H,1-3,7-8H2. The van der Waals surface area contributed by atoms with Gasteiger partial charge in [-0.1, -0.05) is 6.42 Å². The van der Waals surface area contributed by atoms with E-state index in [0.717, 1.165) is 12.8 Å². The highest BCUT2D eigenvalue weighted by Gasteiger charge is 2.43. The van der Waals surface area contributed by atoms with Crippen LogP contribution in [0.25, 0.3) is 0 Å². The molecule has 2 aliphatic rings. The molecule has 1 aromatic rings. The molecule has 2 saturated heterocycles. The molecular weight excluding hydrogens is 261 g/mol. The molecule has 0 aliphatic carbocycles. The smallest absolute Gasteiger partial charge is 0.123 e. The molecule has 2 nitrogen and oxygen atoms in total. The molecule has 2 fully saturated rings. The monoisotopic (exact) mass is 277 g/mol. The quantitative estimate of drug-likeness (QED) is 0.856. The van der Waals surface area contributed by atoms with Crippen LogP contribution in [0.5, 0.6) is 0 Å². The zero-order valence-electron chi connectivity index (χ0n) is 10.6. The minimum absolute atomic E-state index is 0.384. The third-order valence-corrected chi connectivity index (χ3v) is 5.75. The lowest BCUT2D eigenvalue weighted by Crippen LogP contribution is -2.41. The van der Waals surface area contributed by atoms with Crippen LogP contribution in [0.3, 0.4) is 0 Å². The van der Waals surface area contributed by atoms with Gasteiger partial charge in [-0.3, -0.25) is 0 Å². The molecule has 4 heteroatoms. The van der Waals surface area contributed by atoms with Gasteiger partial charge in [-0.15, -0.1) is 0 Å². The summed E-state index contributed by atoms with van der Waals surface area (Å²) in [6, 6.07) is 6.17. The van der Waals surface area contributed by atoms with Gasteiger partial charge in [0, 0.05) is 16.1 Å². The van der Waals surface area contributed by atoms with Gasteiger partial charge < -0.3 is 5.11 Å². The highest BCUT2D eigenvalue weighted by Crippen LogP contribution is 2.50. The van der Waals surface area contributed by atoms with Gasteiger partial charge in [-0.05, 0) is 43.9 Å². The number of benzene rings is 1. The Morgan fingerprint density at radius 2 is 2.00 bits per heavy atom. The van der Waals surface area contributed by atoms with Crippen LogP contribution in [0.15, 0.2) is 18.2 Å². The number of rotatable bonds is 1. The average Bonchev–Trinajstić information content (AvgIpc) is 2.38. The molecule has 0 spiro atoms. The van der Waals surface area contributed by atoms with E-state index in [-0.39, 0.29) is 5.82 Å². The summed E-state index contributed by atoms with van der Waals surface area (Å²) in [6.45, 7) is 0. The van der Waals surface area contributed by atoms with Crippen LogP contribution in [-0.4, -0.2) is 15.6 Å². The molecule has 2 atom stereocenters. The molecular formula is C15H16FNOS. The van der Waals surface area contributed by atoms with E-state index in [4.69, 9.17) is 5.26 Å². The second-order valence-corrected chi connectivity index (χ2v) is 7.16. The fourth-order valence-corrected chi connectivity index (χ4v) is 5.23. The summed E-state index contributed by atoms with van der Waals surface area (Å²) in [7, 11) is 0. The van der Waals surface area contributed by atoms with Gasteiger partial charge >= 0.3 is 0 Å². The van der Waals surface area contributed by atoms with Crippen molar-refractivity contribution in [1.29, 1.82) is 5.26 Å². The Morgan fingerprint density at radius 1 is 1.32 bits per heavy atom. The van der Waals surface area contributed by atoms with E-state index in [2.05, 4.69) is 6.07 Å². The number of aliphatic hydroxyl groups is 1. The van der Waals surface area contributed by atoms with Gasteiger partial charge in [-0.25, -0.2) is 4.39 Å². The fraction of sp³-hybridized carbons (Fsp3) is 0.533. The first-order chi connectivity index (χ1) is 9.10. The molecule has 0 radical (unpaired) electrons. The van der Waals surface area contributed by atoms with Crippen molar-refractivity contribution < 1.29 is 9.50 Å². The van der Waals surface area contributed by atoms with E-state index in [1.165, 1.54) is 24.6 Å². The summed E-state index contributed by atoms with van der Waals surface area (Å²) in [4.78, 5) is 0. The van der Waals surface area contributed by atoms with Gasteiger partial charge in [0.25, 0.3) is 0 Å². The summed E-state index contributed by atoms with van der Waals surface area (Å²) in [6.07, 6.45) is 4.70. The summed E-state index contributed by atoms with van der Waals surface area (Å²) >= 11 is 1.95. The Kier molecular flexibility index (Phi) is 3.28. The van der Waals surface area contributed by atoms with Gasteiger partial charge in [-0.2, -0.15) is 17.0 Å². The number of thioether (sulfide) groups is 1. The van der Waals surface area contributed by atoms with E-state index in [0.29, 0.717) is 34.5 Å². The number of halogens is 1. The molecule has 100 valence electrons. The molecule has 3 rings (SSSR count). The minimum Gasteiger partial charge on any atom is -0.385 e. The van der Waals surface area contributed by atoms with E-state index in [1.807, 2.05) is 11.8 Å². The van der Waals surface area contributed by atoms with Crippen molar-refractivity contribution in [3.05, 3.63) is 35.1 Å². The lowest BCUT2D eigenvalue weighted by Gasteiger charge is -2.44. The molecule has 2 heterocycles. The Balaban J connectivity index is 2.00. The van der Waals surface area contributed by atoms with Crippen LogP contribution in [0.2, 0.25) is 0 Å². The summed E-state index contributed by atoms with van der Waals surface area (Å²) in [5.41, 5.74) is -0.158. The Labute approximate surface area is 116 Å². The van der Waals surface area contributed by atoms with Gasteiger partial charge in [0.1, 0.15) is 5.82 Å². The molecule has 1 N–H and O–H groups in total. The first-order valence-corrected chi connectivity index (χ1v) is 7.63. The van der Waals surface area contributed by atoms with Crippen LogP contribution >= 0.6 is 11.8 Å². The average molecular weight is 277 g/mol. The second kappa shape index (κ2) is 4.81. The lowest BCUT2D eigenvalue weighted by molar-refractivity contribution is 0.00762. The van der Waals surface area contributed by atoms with Crippen LogP contribution in [0.4, 0.5) is 4.39 Å². The zero-order valence-corrected chi connectivity index (χ0v) is 11.4. The molecule has 2 unspecified atom stereocenters. The number of nitrogens with zero attached hydrogens (tertiary/aromatic N) is 1. The van der Waals surface area contributed by atoms with Gasteiger partial charge in [0.15, 0.2) is 0 Å². The molecule has 0 aromatic heterocycles. The molecule has 19 heavy (non-hydrogen) atoms. The maximum absolute atomic E-state index is 13.5. The Bertz CT molecular complexity index is 527. The number of fused-ring (bicyclic) bond motifs is 2. The van der Waals surface area contributed by atoms with Crippen LogP contribution in [0.1, 0.15) is 43.2 Å².